The zero-order chi connectivity index (χ0) is 7.86. The third-order valence-electron chi connectivity index (χ3n) is 0.505. The van der Waals surface area contributed by atoms with Crippen molar-refractivity contribution in [1.29, 1.82) is 0 Å². The molecule has 58 valence electrons. The predicted octanol–water partition coefficient (Wildman–Crippen LogP) is -1.34. The van der Waals surface area contributed by atoms with Crippen molar-refractivity contribution >= 4 is 15.9 Å². The van der Waals surface area contributed by atoms with Crippen LogP contribution in [0.3, 0.4) is 0 Å². The van der Waals surface area contributed by atoms with Crippen molar-refractivity contribution in [3.8, 4) is 0 Å². The van der Waals surface area contributed by atoms with E-state index in [9.17, 15) is 0 Å². The lowest BCUT2D eigenvalue weighted by atomic mass is 10.4. The molecule has 0 aliphatic carbocycles. The van der Waals surface area contributed by atoms with E-state index < -0.39 is 17.7 Å². The summed E-state index contributed by atoms with van der Waals surface area (Å²) in [7, 11) is 1.00. The van der Waals surface area contributed by atoms with E-state index >= 15 is 0 Å². The molecule has 0 aromatic carbocycles. The van der Waals surface area contributed by atoms with Crippen LogP contribution in [0, 0.1) is 0 Å². The summed E-state index contributed by atoms with van der Waals surface area (Å²) in [6.07, 6.45) is -1.07. The van der Waals surface area contributed by atoms with Crippen LogP contribution >= 0.6 is 15.9 Å². The minimum Gasteiger partial charge on any atom is -0.400 e. The second-order valence-corrected chi connectivity index (χ2v) is 2.06. The van der Waals surface area contributed by atoms with Gasteiger partial charge in [-0.1, -0.05) is 15.9 Å². The molecule has 0 spiro atoms. The number of aliphatic hydroxyl groups is 4. The van der Waals surface area contributed by atoms with Gasteiger partial charge in [0.05, 0.1) is 6.61 Å². The molecule has 0 aromatic heterocycles. The Labute approximate surface area is 61.9 Å². The SMILES string of the molecule is CO.OCC(O)C(O)Br. The number of hydrogen-bond donors (Lipinski definition) is 4. The molecule has 0 heterocycles. The van der Waals surface area contributed by atoms with Crippen molar-refractivity contribution in [3.05, 3.63) is 0 Å². The third-order valence-corrected chi connectivity index (χ3v) is 1.11. The van der Waals surface area contributed by atoms with Crippen LogP contribution in [0.2, 0.25) is 0 Å². The van der Waals surface area contributed by atoms with E-state index in [1.54, 1.807) is 0 Å². The fraction of sp³-hybridized carbons (Fsp3) is 1.00. The largest absolute Gasteiger partial charge is 0.400 e. The van der Waals surface area contributed by atoms with Gasteiger partial charge in [0, 0.05) is 7.11 Å². The van der Waals surface area contributed by atoms with Gasteiger partial charge in [-0.15, -0.1) is 0 Å². The fourth-order valence-corrected chi connectivity index (χ4v) is 0.254. The zero-order valence-corrected chi connectivity index (χ0v) is 6.61. The Morgan fingerprint density at radius 3 is 1.67 bits per heavy atom. The smallest absolute Gasteiger partial charge is 0.137 e. The van der Waals surface area contributed by atoms with Crippen LogP contribution in [0.5, 0.6) is 0 Å². The summed E-state index contributed by atoms with van der Waals surface area (Å²) >= 11 is 2.65. The lowest BCUT2D eigenvalue weighted by Gasteiger charge is -2.05. The average molecular weight is 203 g/mol. The molecular formula is C4H11BrO4. The first-order valence-corrected chi connectivity index (χ1v) is 3.16. The molecule has 0 aliphatic heterocycles. The van der Waals surface area contributed by atoms with Gasteiger partial charge in [-0.25, -0.2) is 0 Å². The summed E-state index contributed by atoms with van der Waals surface area (Å²) < 4.78 is 0. The molecule has 4 nitrogen and oxygen atoms in total. The van der Waals surface area contributed by atoms with Crippen molar-refractivity contribution in [1.82, 2.24) is 0 Å². The summed E-state index contributed by atoms with van der Waals surface area (Å²) in [4.78, 5) is 0. The van der Waals surface area contributed by atoms with Crippen molar-refractivity contribution in [2.24, 2.45) is 0 Å². The predicted molar refractivity (Wildman–Crippen MR) is 36.2 cm³/mol. The normalized spacial score (nSPS) is 15.3. The Morgan fingerprint density at radius 2 is 1.67 bits per heavy atom. The minimum atomic E-state index is -1.07. The molecule has 0 bridgehead atoms. The van der Waals surface area contributed by atoms with E-state index in [0.717, 1.165) is 7.11 Å². The van der Waals surface area contributed by atoms with Gasteiger partial charge in [0.25, 0.3) is 0 Å². The first kappa shape index (κ1) is 12.0. The molecule has 0 fully saturated rings. The van der Waals surface area contributed by atoms with Gasteiger partial charge in [0.1, 0.15) is 11.1 Å². The molecule has 2 atom stereocenters. The van der Waals surface area contributed by atoms with Gasteiger partial charge in [0.15, 0.2) is 0 Å². The molecule has 0 rings (SSSR count). The molecule has 0 amide bonds. The highest BCUT2D eigenvalue weighted by atomic mass is 79.9. The molecule has 0 saturated carbocycles. The van der Waals surface area contributed by atoms with Crippen LogP contribution in [0.15, 0.2) is 0 Å². The molecular weight excluding hydrogens is 192 g/mol. The van der Waals surface area contributed by atoms with Gasteiger partial charge in [-0.05, 0) is 0 Å². The lowest BCUT2D eigenvalue weighted by Crippen LogP contribution is -2.23. The Bertz CT molecular complexity index is 49.8. The van der Waals surface area contributed by atoms with Crippen molar-refractivity contribution < 1.29 is 20.4 Å². The van der Waals surface area contributed by atoms with Crippen molar-refractivity contribution in [2.75, 3.05) is 13.7 Å². The van der Waals surface area contributed by atoms with Gasteiger partial charge in [0.2, 0.25) is 0 Å². The highest BCUT2D eigenvalue weighted by Gasteiger charge is 2.08. The molecule has 0 saturated heterocycles. The first-order chi connectivity index (χ1) is 4.18. The fourth-order valence-electron chi connectivity index (χ4n) is 0.0870. The maximum Gasteiger partial charge on any atom is 0.137 e. The van der Waals surface area contributed by atoms with Crippen LogP contribution in [0.1, 0.15) is 0 Å². The second-order valence-electron chi connectivity index (χ2n) is 1.12. The second kappa shape index (κ2) is 8.32. The molecule has 2 unspecified atom stereocenters. The van der Waals surface area contributed by atoms with Crippen LogP contribution in [-0.4, -0.2) is 45.3 Å². The van der Waals surface area contributed by atoms with Gasteiger partial charge >= 0.3 is 0 Å². The number of rotatable bonds is 2. The highest BCUT2D eigenvalue weighted by molar-refractivity contribution is 9.09. The number of halogens is 1. The number of aliphatic hydroxyl groups excluding tert-OH is 4. The molecule has 0 radical (unpaired) electrons. The van der Waals surface area contributed by atoms with Gasteiger partial charge < -0.3 is 20.4 Å². The summed E-state index contributed by atoms with van der Waals surface area (Å²) in [6, 6.07) is 0. The average Bonchev–Trinajstić information content (AvgIpc) is 1.91. The van der Waals surface area contributed by atoms with E-state index in [1.165, 1.54) is 0 Å². The summed E-state index contributed by atoms with van der Waals surface area (Å²) in [6.45, 7) is -0.424. The Balaban J connectivity index is 0. The summed E-state index contributed by atoms with van der Waals surface area (Å²) in [5, 5.41) is 30.8. The van der Waals surface area contributed by atoms with Crippen LogP contribution in [-0.2, 0) is 0 Å². The molecule has 0 aliphatic rings. The maximum atomic E-state index is 8.39. The zero-order valence-electron chi connectivity index (χ0n) is 5.03. The number of hydrogen-bond acceptors (Lipinski definition) is 4. The molecule has 9 heavy (non-hydrogen) atoms. The summed E-state index contributed by atoms with van der Waals surface area (Å²) in [5.41, 5.74) is 0. The Morgan fingerprint density at radius 1 is 1.33 bits per heavy atom. The molecule has 4 N–H and O–H groups in total. The Kier molecular flexibility index (Phi) is 11.1. The lowest BCUT2D eigenvalue weighted by molar-refractivity contribution is 0.0315. The van der Waals surface area contributed by atoms with Crippen molar-refractivity contribution in [2.45, 2.75) is 11.1 Å². The Hall–Kier alpha value is 0.320. The number of alkyl halides is 1. The standard InChI is InChI=1S/C3H7BrO3.CH4O/c4-3(7)2(6)1-5;1-2/h2-3,5-7H,1H2;2H,1H3. The maximum absolute atomic E-state index is 8.39. The quantitative estimate of drug-likeness (QED) is 0.419. The molecule has 0 aromatic rings. The highest BCUT2D eigenvalue weighted by Crippen LogP contribution is 1.98. The third kappa shape index (κ3) is 8.32. The minimum absolute atomic E-state index is 0.424. The first-order valence-electron chi connectivity index (χ1n) is 2.24. The monoisotopic (exact) mass is 202 g/mol. The van der Waals surface area contributed by atoms with Crippen molar-refractivity contribution in [3.63, 3.8) is 0 Å². The van der Waals surface area contributed by atoms with Crippen LogP contribution in [0.25, 0.3) is 0 Å². The van der Waals surface area contributed by atoms with Crippen LogP contribution < -0.4 is 0 Å². The van der Waals surface area contributed by atoms with Gasteiger partial charge in [-0.2, -0.15) is 0 Å². The van der Waals surface area contributed by atoms with E-state index in [1.807, 2.05) is 0 Å². The summed E-state index contributed by atoms with van der Waals surface area (Å²) in [5.74, 6) is 0. The van der Waals surface area contributed by atoms with E-state index in [0.29, 0.717) is 0 Å². The topological polar surface area (TPSA) is 80.9 Å². The van der Waals surface area contributed by atoms with E-state index in [2.05, 4.69) is 15.9 Å². The van der Waals surface area contributed by atoms with Crippen LogP contribution in [0.4, 0.5) is 0 Å². The van der Waals surface area contributed by atoms with E-state index in [4.69, 9.17) is 20.4 Å². The molecule has 5 heteroatoms. The van der Waals surface area contributed by atoms with Gasteiger partial charge in [-0.3, -0.25) is 0 Å². The van der Waals surface area contributed by atoms with E-state index in [-0.39, 0.29) is 0 Å².